The van der Waals surface area contributed by atoms with Gasteiger partial charge in [-0.05, 0) is 30.7 Å². The summed E-state index contributed by atoms with van der Waals surface area (Å²) < 4.78 is 0. The first-order valence-corrected chi connectivity index (χ1v) is 5.70. The Morgan fingerprint density at radius 2 is 2.06 bits per heavy atom. The molecule has 2 N–H and O–H groups in total. The van der Waals surface area contributed by atoms with Crippen molar-refractivity contribution in [2.75, 3.05) is 5.32 Å². The molecule has 0 radical (unpaired) electrons. The molecule has 0 aliphatic carbocycles. The number of halogens is 1. The fourth-order valence-electron chi connectivity index (χ4n) is 1.43. The summed E-state index contributed by atoms with van der Waals surface area (Å²) in [5.41, 5.74) is 1.69. The summed E-state index contributed by atoms with van der Waals surface area (Å²) in [7, 11) is 0. The van der Waals surface area contributed by atoms with Crippen LogP contribution in [0.15, 0.2) is 41.3 Å². The Morgan fingerprint density at radius 3 is 2.67 bits per heavy atom. The van der Waals surface area contributed by atoms with Crippen LogP contribution < -0.4 is 10.9 Å². The molecule has 0 fully saturated rings. The molecule has 1 heterocycles. The van der Waals surface area contributed by atoms with Crippen molar-refractivity contribution in [2.45, 2.75) is 6.92 Å². The Bertz CT molecular complexity index is 629. The van der Waals surface area contributed by atoms with Gasteiger partial charge >= 0.3 is 0 Å². The van der Waals surface area contributed by atoms with Crippen molar-refractivity contribution in [3.63, 3.8) is 0 Å². The average molecular weight is 263 g/mol. The molecule has 0 saturated carbocycles. The van der Waals surface area contributed by atoms with Crippen molar-refractivity contribution in [3.05, 3.63) is 63.0 Å². The van der Waals surface area contributed by atoms with Crippen LogP contribution >= 0.6 is 11.6 Å². The molecule has 0 aliphatic rings. The maximum atomic E-state index is 11.8. The third-order valence-corrected chi connectivity index (χ3v) is 2.88. The lowest BCUT2D eigenvalue weighted by atomic mass is 10.2. The summed E-state index contributed by atoms with van der Waals surface area (Å²) in [4.78, 5) is 25.2. The fraction of sp³-hybridized carbons (Fsp3) is 0.0769. The average Bonchev–Trinajstić information content (AvgIpc) is 2.34. The predicted molar refractivity (Wildman–Crippen MR) is 71.2 cm³/mol. The smallest absolute Gasteiger partial charge is 0.257 e. The van der Waals surface area contributed by atoms with E-state index >= 15 is 0 Å². The Labute approximate surface area is 109 Å². The number of carbonyl (C=O) groups excluding carboxylic acids is 1. The molecule has 0 bridgehead atoms. The first-order valence-electron chi connectivity index (χ1n) is 5.32. The second-order valence-corrected chi connectivity index (χ2v) is 4.27. The highest BCUT2D eigenvalue weighted by molar-refractivity contribution is 6.31. The van der Waals surface area contributed by atoms with Crippen molar-refractivity contribution in [1.82, 2.24) is 4.98 Å². The van der Waals surface area contributed by atoms with Gasteiger partial charge in [-0.25, -0.2) is 0 Å². The van der Waals surface area contributed by atoms with Gasteiger partial charge in [0.2, 0.25) is 5.56 Å². The molecule has 1 aromatic heterocycles. The summed E-state index contributed by atoms with van der Waals surface area (Å²) in [5.74, 6) is -0.300. The number of hydrogen-bond donors (Lipinski definition) is 2. The number of aromatic amines is 1. The summed E-state index contributed by atoms with van der Waals surface area (Å²) in [6, 6.07) is 8.04. The molecule has 4 nitrogen and oxygen atoms in total. The zero-order chi connectivity index (χ0) is 13.1. The van der Waals surface area contributed by atoms with E-state index in [-0.39, 0.29) is 11.5 Å². The van der Waals surface area contributed by atoms with Crippen molar-refractivity contribution < 1.29 is 4.79 Å². The van der Waals surface area contributed by atoms with Gasteiger partial charge in [-0.3, -0.25) is 9.59 Å². The van der Waals surface area contributed by atoms with Crippen molar-refractivity contribution in [1.29, 1.82) is 0 Å². The SMILES string of the molecule is Cc1ccc(NC(=O)c2ccc(=O)[nH]c2)cc1Cl. The number of pyridine rings is 1. The maximum absolute atomic E-state index is 11.8. The standard InChI is InChI=1S/C13H11ClN2O2/c1-8-2-4-10(6-11(8)14)16-13(18)9-3-5-12(17)15-7-9/h2-7H,1H3,(H,15,17)(H,16,18). The number of benzene rings is 1. The molecule has 92 valence electrons. The highest BCUT2D eigenvalue weighted by Gasteiger charge is 2.06. The first-order chi connectivity index (χ1) is 8.56. The molecular weight excluding hydrogens is 252 g/mol. The largest absolute Gasteiger partial charge is 0.328 e. The van der Waals surface area contributed by atoms with E-state index in [0.29, 0.717) is 16.3 Å². The molecule has 0 atom stereocenters. The van der Waals surface area contributed by atoms with E-state index < -0.39 is 0 Å². The van der Waals surface area contributed by atoms with Crippen LogP contribution in [0.5, 0.6) is 0 Å². The van der Waals surface area contributed by atoms with Gasteiger partial charge in [0, 0.05) is 23.0 Å². The molecule has 1 aromatic carbocycles. The molecule has 2 rings (SSSR count). The van der Waals surface area contributed by atoms with Crippen LogP contribution in [0.2, 0.25) is 5.02 Å². The Hall–Kier alpha value is -2.07. The van der Waals surface area contributed by atoms with Gasteiger partial charge in [-0.2, -0.15) is 0 Å². The van der Waals surface area contributed by atoms with Gasteiger partial charge in [0.15, 0.2) is 0 Å². The number of carbonyl (C=O) groups is 1. The van der Waals surface area contributed by atoms with Crippen molar-refractivity contribution in [3.8, 4) is 0 Å². The van der Waals surface area contributed by atoms with Gasteiger partial charge in [0.1, 0.15) is 0 Å². The third-order valence-electron chi connectivity index (χ3n) is 2.48. The van der Waals surface area contributed by atoms with Crippen LogP contribution in [-0.4, -0.2) is 10.9 Å². The van der Waals surface area contributed by atoms with Crippen LogP contribution in [0.3, 0.4) is 0 Å². The Kier molecular flexibility index (Phi) is 3.48. The maximum Gasteiger partial charge on any atom is 0.257 e. The van der Waals surface area contributed by atoms with E-state index in [2.05, 4.69) is 10.3 Å². The number of anilines is 1. The minimum absolute atomic E-state index is 0.245. The van der Waals surface area contributed by atoms with E-state index in [9.17, 15) is 9.59 Å². The van der Waals surface area contributed by atoms with Gasteiger partial charge in [-0.15, -0.1) is 0 Å². The number of H-pyrrole nitrogens is 1. The highest BCUT2D eigenvalue weighted by Crippen LogP contribution is 2.20. The van der Waals surface area contributed by atoms with Crippen LogP contribution in [0.4, 0.5) is 5.69 Å². The summed E-state index contributed by atoms with van der Waals surface area (Å²) in [6.45, 7) is 1.88. The lowest BCUT2D eigenvalue weighted by molar-refractivity contribution is 0.102. The minimum Gasteiger partial charge on any atom is -0.328 e. The Morgan fingerprint density at radius 1 is 1.28 bits per heavy atom. The van der Waals surface area contributed by atoms with E-state index in [4.69, 9.17) is 11.6 Å². The number of aromatic nitrogens is 1. The van der Waals surface area contributed by atoms with E-state index in [1.165, 1.54) is 18.3 Å². The second kappa shape index (κ2) is 5.06. The van der Waals surface area contributed by atoms with Gasteiger partial charge in [-0.1, -0.05) is 17.7 Å². The molecule has 1 amide bonds. The summed E-state index contributed by atoms with van der Waals surface area (Å²) >= 11 is 5.97. The normalized spacial score (nSPS) is 10.1. The van der Waals surface area contributed by atoms with E-state index in [0.717, 1.165) is 5.56 Å². The topological polar surface area (TPSA) is 62.0 Å². The number of rotatable bonds is 2. The van der Waals surface area contributed by atoms with E-state index in [1.54, 1.807) is 12.1 Å². The molecule has 2 aromatic rings. The fourth-order valence-corrected chi connectivity index (χ4v) is 1.61. The Balaban J connectivity index is 2.18. The second-order valence-electron chi connectivity index (χ2n) is 3.86. The summed E-state index contributed by atoms with van der Waals surface area (Å²) in [6.07, 6.45) is 1.37. The molecule has 18 heavy (non-hydrogen) atoms. The zero-order valence-corrected chi connectivity index (χ0v) is 10.4. The molecule has 0 spiro atoms. The number of aryl methyl sites for hydroxylation is 1. The predicted octanol–water partition coefficient (Wildman–Crippen LogP) is 2.59. The van der Waals surface area contributed by atoms with Crippen LogP contribution in [0.25, 0.3) is 0 Å². The van der Waals surface area contributed by atoms with Crippen molar-refractivity contribution in [2.24, 2.45) is 0 Å². The summed E-state index contributed by atoms with van der Waals surface area (Å²) in [5, 5.41) is 3.29. The van der Waals surface area contributed by atoms with Gasteiger partial charge in [0.25, 0.3) is 5.91 Å². The molecular formula is C13H11ClN2O2. The first kappa shape index (κ1) is 12.4. The lowest BCUT2D eigenvalue weighted by Crippen LogP contribution is -2.14. The van der Waals surface area contributed by atoms with Crippen LogP contribution in [-0.2, 0) is 0 Å². The zero-order valence-electron chi connectivity index (χ0n) is 9.66. The molecule has 5 heteroatoms. The highest BCUT2D eigenvalue weighted by atomic mass is 35.5. The van der Waals surface area contributed by atoms with Crippen LogP contribution in [0, 0.1) is 6.92 Å². The number of nitrogens with one attached hydrogen (secondary N) is 2. The number of amides is 1. The van der Waals surface area contributed by atoms with Gasteiger partial charge < -0.3 is 10.3 Å². The van der Waals surface area contributed by atoms with Crippen molar-refractivity contribution >= 4 is 23.2 Å². The van der Waals surface area contributed by atoms with Gasteiger partial charge in [0.05, 0.1) is 5.56 Å². The minimum atomic E-state index is -0.300. The molecule has 0 unspecified atom stereocenters. The molecule has 0 aliphatic heterocycles. The van der Waals surface area contributed by atoms with Crippen LogP contribution in [0.1, 0.15) is 15.9 Å². The lowest BCUT2D eigenvalue weighted by Gasteiger charge is -2.06. The quantitative estimate of drug-likeness (QED) is 0.874. The number of hydrogen-bond acceptors (Lipinski definition) is 2. The molecule has 0 saturated heterocycles. The monoisotopic (exact) mass is 262 g/mol. The van der Waals surface area contributed by atoms with E-state index in [1.807, 2.05) is 13.0 Å². The third kappa shape index (κ3) is 2.78.